The molecule has 2 aliphatic heterocycles. The van der Waals surface area contributed by atoms with Crippen molar-refractivity contribution in [3.63, 3.8) is 0 Å². The minimum Gasteiger partial charge on any atom is -0.382 e. The molecule has 2 aromatic heterocycles. The Kier molecular flexibility index (Phi) is 5.98. The van der Waals surface area contributed by atoms with Crippen LogP contribution in [-0.2, 0) is 7.05 Å². The smallest absolute Gasteiger partial charge is 0.341 e. The second-order valence-electron chi connectivity index (χ2n) is 8.70. The molecule has 1 saturated heterocycles. The van der Waals surface area contributed by atoms with Crippen LogP contribution in [0, 0.1) is 24.4 Å². The number of urea groups is 1. The lowest BCUT2D eigenvalue weighted by molar-refractivity contribution is 0.139. The molecule has 188 valence electrons. The quantitative estimate of drug-likeness (QED) is 0.594. The van der Waals surface area contributed by atoms with E-state index in [9.17, 15) is 18.0 Å². The van der Waals surface area contributed by atoms with Gasteiger partial charge in [-0.15, -0.1) is 0 Å². The van der Waals surface area contributed by atoms with Crippen molar-refractivity contribution >= 4 is 24.0 Å². The molecule has 13 heteroatoms. The summed E-state index contributed by atoms with van der Waals surface area (Å²) < 4.78 is 43.6. The topological polar surface area (TPSA) is 109 Å². The lowest BCUT2D eigenvalue weighted by Gasteiger charge is -2.37. The fourth-order valence-electron chi connectivity index (χ4n) is 4.54. The number of nitrogens with zero attached hydrogens (tertiary/aromatic N) is 8. The maximum Gasteiger partial charge on any atom is 0.341 e. The number of aromatic nitrogens is 4. The van der Waals surface area contributed by atoms with E-state index in [-0.39, 0.29) is 11.7 Å². The molecular formula is C23H24F3N9O. The van der Waals surface area contributed by atoms with Crippen molar-refractivity contribution in [2.24, 2.45) is 12.1 Å². The highest BCUT2D eigenvalue weighted by Crippen LogP contribution is 2.31. The Labute approximate surface area is 204 Å². The van der Waals surface area contributed by atoms with E-state index in [0.29, 0.717) is 61.2 Å². The number of carbonyl (C=O) groups is 1. The van der Waals surface area contributed by atoms with Crippen LogP contribution in [0.4, 0.5) is 29.7 Å². The molecule has 1 aromatic carbocycles. The Bertz CT molecular complexity index is 1330. The number of hydrazone groups is 1. The first-order chi connectivity index (χ1) is 17.2. The van der Waals surface area contributed by atoms with Crippen molar-refractivity contribution < 1.29 is 18.0 Å². The number of aryl methyl sites for hydroxylation is 1. The Morgan fingerprint density at radius 3 is 2.42 bits per heavy atom. The van der Waals surface area contributed by atoms with E-state index < -0.39 is 23.5 Å². The fraction of sp³-hybridized carbons (Fsp3) is 0.348. The van der Waals surface area contributed by atoms with E-state index in [2.05, 4.69) is 20.2 Å². The van der Waals surface area contributed by atoms with Crippen molar-refractivity contribution in [2.45, 2.75) is 19.4 Å². The monoisotopic (exact) mass is 499 g/mol. The second kappa shape index (κ2) is 9.13. The summed E-state index contributed by atoms with van der Waals surface area (Å²) in [6.07, 6.45) is 3.03. The summed E-state index contributed by atoms with van der Waals surface area (Å²) in [5.74, 6) is -1.39. The van der Waals surface area contributed by atoms with Crippen LogP contribution in [0.2, 0.25) is 0 Å². The normalized spacial score (nSPS) is 17.8. The standard InChI is InChI=1S/C23H24F3N9O/c1-13-20(32(2)31-21(13)27)19-17(26)12-28-22(30-19)33-5-7-34(8-6-33)23(36)35-18(3-4-29-35)14-9-15(24)11-16(25)10-14/h4,9-12,18H,3,5-8H2,1-2H3,(H2,27,31)/t18-/m0/s1. The largest absolute Gasteiger partial charge is 0.382 e. The number of nitrogen functional groups attached to an aromatic ring is 1. The summed E-state index contributed by atoms with van der Waals surface area (Å²) in [5, 5.41) is 9.54. The van der Waals surface area contributed by atoms with Gasteiger partial charge in [0.05, 0.1) is 17.9 Å². The van der Waals surface area contributed by atoms with E-state index in [4.69, 9.17) is 5.73 Å². The molecule has 1 atom stereocenters. The van der Waals surface area contributed by atoms with Gasteiger partial charge in [-0.1, -0.05) is 0 Å². The number of piperazine rings is 1. The summed E-state index contributed by atoms with van der Waals surface area (Å²) in [4.78, 5) is 25.2. The van der Waals surface area contributed by atoms with Gasteiger partial charge < -0.3 is 15.5 Å². The first kappa shape index (κ1) is 23.6. The van der Waals surface area contributed by atoms with E-state index in [1.807, 2.05) is 4.90 Å². The van der Waals surface area contributed by atoms with Crippen LogP contribution in [0.15, 0.2) is 29.5 Å². The third-order valence-corrected chi connectivity index (χ3v) is 6.41. The molecule has 3 aromatic rings. The molecule has 1 fully saturated rings. The zero-order valence-corrected chi connectivity index (χ0v) is 19.7. The average Bonchev–Trinajstić information content (AvgIpc) is 3.43. The predicted molar refractivity (Wildman–Crippen MR) is 127 cm³/mol. The zero-order chi connectivity index (χ0) is 25.6. The first-order valence-electron chi connectivity index (χ1n) is 11.4. The van der Waals surface area contributed by atoms with Gasteiger partial charge >= 0.3 is 6.03 Å². The molecule has 0 unspecified atom stereocenters. The zero-order valence-electron chi connectivity index (χ0n) is 19.7. The summed E-state index contributed by atoms with van der Waals surface area (Å²) >= 11 is 0. The molecule has 2 amide bonds. The molecule has 2 N–H and O–H groups in total. The SMILES string of the molecule is Cc1c(N)nn(C)c1-c1nc(N2CCN(C(=O)N3N=CC[C@H]3c3cc(F)cc(F)c3)CC2)ncc1F. The first-order valence-corrected chi connectivity index (χ1v) is 11.4. The lowest BCUT2D eigenvalue weighted by atomic mass is 10.0. The fourth-order valence-corrected chi connectivity index (χ4v) is 4.54. The van der Waals surface area contributed by atoms with Gasteiger partial charge in [0.15, 0.2) is 5.82 Å². The number of halogens is 3. The van der Waals surface area contributed by atoms with Crippen LogP contribution in [-0.4, -0.2) is 68.1 Å². The predicted octanol–water partition coefficient (Wildman–Crippen LogP) is 2.86. The van der Waals surface area contributed by atoms with Crippen LogP contribution >= 0.6 is 0 Å². The van der Waals surface area contributed by atoms with Crippen LogP contribution < -0.4 is 10.6 Å². The van der Waals surface area contributed by atoms with Crippen LogP contribution in [0.25, 0.3) is 11.4 Å². The molecule has 4 heterocycles. The molecule has 0 saturated carbocycles. The van der Waals surface area contributed by atoms with Gasteiger partial charge in [-0.2, -0.15) is 10.2 Å². The molecule has 2 aliphatic rings. The Hall–Kier alpha value is -4.16. The summed E-state index contributed by atoms with van der Waals surface area (Å²) in [7, 11) is 1.66. The Balaban J connectivity index is 1.30. The summed E-state index contributed by atoms with van der Waals surface area (Å²) in [6.45, 7) is 3.22. The maximum absolute atomic E-state index is 14.6. The second-order valence-corrected chi connectivity index (χ2v) is 8.70. The van der Waals surface area contributed by atoms with Gasteiger partial charge in [0.2, 0.25) is 5.95 Å². The van der Waals surface area contributed by atoms with Gasteiger partial charge in [0.1, 0.15) is 23.1 Å². The van der Waals surface area contributed by atoms with Crippen molar-refractivity contribution in [1.29, 1.82) is 0 Å². The van der Waals surface area contributed by atoms with Crippen molar-refractivity contribution in [3.8, 4) is 11.4 Å². The lowest BCUT2D eigenvalue weighted by Crippen LogP contribution is -2.52. The highest BCUT2D eigenvalue weighted by Gasteiger charge is 2.34. The number of hydrogen-bond donors (Lipinski definition) is 1. The number of carbonyl (C=O) groups excluding carboxylic acids is 1. The molecule has 10 nitrogen and oxygen atoms in total. The summed E-state index contributed by atoms with van der Waals surface area (Å²) in [5.41, 5.74) is 7.40. The van der Waals surface area contributed by atoms with E-state index >= 15 is 0 Å². The van der Waals surface area contributed by atoms with Crippen molar-refractivity contribution in [3.05, 3.63) is 53.0 Å². The van der Waals surface area contributed by atoms with E-state index in [0.717, 1.165) is 12.3 Å². The Morgan fingerprint density at radius 1 is 1.08 bits per heavy atom. The minimum absolute atomic E-state index is 0.0966. The number of anilines is 2. The number of rotatable bonds is 3. The number of benzene rings is 1. The van der Waals surface area contributed by atoms with Gasteiger partial charge in [-0.25, -0.2) is 32.9 Å². The highest BCUT2D eigenvalue weighted by molar-refractivity contribution is 5.79. The van der Waals surface area contributed by atoms with Crippen molar-refractivity contribution in [1.82, 2.24) is 29.7 Å². The van der Waals surface area contributed by atoms with Gasteiger partial charge in [0, 0.05) is 57.5 Å². The molecule has 5 rings (SSSR count). The van der Waals surface area contributed by atoms with Gasteiger partial charge in [0.25, 0.3) is 0 Å². The van der Waals surface area contributed by atoms with Crippen LogP contribution in [0.3, 0.4) is 0 Å². The van der Waals surface area contributed by atoms with Gasteiger partial charge in [-0.05, 0) is 24.6 Å². The molecule has 0 radical (unpaired) electrons. The van der Waals surface area contributed by atoms with Crippen LogP contribution in [0.1, 0.15) is 23.6 Å². The number of hydrogen-bond acceptors (Lipinski definition) is 7. The molecular weight excluding hydrogens is 475 g/mol. The molecule has 0 spiro atoms. The average molecular weight is 500 g/mol. The van der Waals surface area contributed by atoms with Gasteiger partial charge in [-0.3, -0.25) is 4.68 Å². The van der Waals surface area contributed by atoms with E-state index in [1.165, 1.54) is 21.8 Å². The number of amides is 2. The maximum atomic E-state index is 14.6. The van der Waals surface area contributed by atoms with E-state index in [1.54, 1.807) is 25.1 Å². The molecule has 0 bridgehead atoms. The van der Waals surface area contributed by atoms with Crippen LogP contribution in [0.5, 0.6) is 0 Å². The summed E-state index contributed by atoms with van der Waals surface area (Å²) in [6, 6.07) is 2.26. The Morgan fingerprint density at radius 2 is 1.78 bits per heavy atom. The third kappa shape index (κ3) is 4.20. The highest BCUT2D eigenvalue weighted by atomic mass is 19.1. The number of nitrogens with two attached hydrogens (primary N) is 1. The minimum atomic E-state index is -0.708. The third-order valence-electron chi connectivity index (χ3n) is 6.41. The molecule has 36 heavy (non-hydrogen) atoms. The molecule has 0 aliphatic carbocycles. The van der Waals surface area contributed by atoms with Crippen molar-refractivity contribution in [2.75, 3.05) is 36.8 Å².